The third-order valence-corrected chi connectivity index (χ3v) is 2.91. The molecule has 0 aliphatic heterocycles. The van der Waals surface area contributed by atoms with Gasteiger partial charge in [0.2, 0.25) is 0 Å². The van der Waals surface area contributed by atoms with E-state index in [0.717, 1.165) is 0 Å². The van der Waals surface area contributed by atoms with E-state index < -0.39 is 0 Å². The Kier molecular flexibility index (Phi) is 47.9. The fourth-order valence-corrected chi connectivity index (χ4v) is 1.71. The van der Waals surface area contributed by atoms with Crippen molar-refractivity contribution in [3.63, 3.8) is 0 Å². The van der Waals surface area contributed by atoms with Gasteiger partial charge in [0.05, 0.1) is 0 Å². The second-order valence-electron chi connectivity index (χ2n) is 4.83. The number of hydrogen-bond donors (Lipinski definition) is 0. The van der Waals surface area contributed by atoms with Gasteiger partial charge in [0.15, 0.2) is 0 Å². The molecule has 0 amide bonds. The van der Waals surface area contributed by atoms with Gasteiger partial charge < -0.3 is 0 Å². The van der Waals surface area contributed by atoms with Crippen LogP contribution < -0.4 is 0 Å². The summed E-state index contributed by atoms with van der Waals surface area (Å²) in [4.78, 5) is 0. The van der Waals surface area contributed by atoms with Gasteiger partial charge in [0.1, 0.15) is 0 Å². The monoisotopic (exact) mass is 484 g/mol. The molecule has 2 heteroatoms. The predicted octanol–water partition coefficient (Wildman–Crippen LogP) is 7.97. The molecular weight excluding hydrogens is 446 g/mol. The summed E-state index contributed by atoms with van der Waals surface area (Å²) in [7, 11) is 0. The van der Waals surface area contributed by atoms with Crippen molar-refractivity contribution in [3.05, 3.63) is 0 Å². The summed E-state index contributed by atoms with van der Waals surface area (Å²) in [6, 6.07) is 0. The van der Waals surface area contributed by atoms with Crippen molar-refractivity contribution in [1.82, 2.24) is 0 Å². The van der Waals surface area contributed by atoms with Gasteiger partial charge in [-0.3, -0.25) is 0 Å². The Bertz CT molecular complexity index is 71.1. The molecule has 0 aliphatic carbocycles. The van der Waals surface area contributed by atoms with Crippen LogP contribution >= 0.6 is 48.0 Å². The van der Waals surface area contributed by atoms with Gasteiger partial charge in [-0.2, -0.15) is 0 Å². The highest BCUT2D eigenvalue weighted by atomic mass is 127. The average Bonchev–Trinajstić information content (AvgIpc) is 2.31. The van der Waals surface area contributed by atoms with Crippen LogP contribution in [0.1, 0.15) is 105 Å². The SMILES string of the molecule is CCCCCCCC.CCCCCCCC.I.I. The number of unbranched alkanes of at least 4 members (excludes halogenated alkanes) is 10. The Morgan fingerprint density at radius 2 is 0.500 bits per heavy atom. The fourth-order valence-electron chi connectivity index (χ4n) is 1.71. The van der Waals surface area contributed by atoms with E-state index in [1.807, 2.05) is 0 Å². The summed E-state index contributed by atoms with van der Waals surface area (Å²) in [6.45, 7) is 9.02. The van der Waals surface area contributed by atoms with E-state index in [9.17, 15) is 0 Å². The Hall–Kier alpha value is 1.46. The molecule has 0 saturated heterocycles. The van der Waals surface area contributed by atoms with Crippen molar-refractivity contribution < 1.29 is 0 Å². The molecule has 0 aromatic rings. The second-order valence-corrected chi connectivity index (χ2v) is 4.83. The highest BCUT2D eigenvalue weighted by molar-refractivity contribution is 14.0. The van der Waals surface area contributed by atoms with E-state index in [-0.39, 0.29) is 48.0 Å². The molecule has 0 aliphatic rings. The highest BCUT2D eigenvalue weighted by Gasteiger charge is 1.84. The number of halogens is 2. The molecule has 0 aromatic heterocycles. The lowest BCUT2D eigenvalue weighted by atomic mass is 10.1. The molecule has 0 atom stereocenters. The first-order valence-electron chi connectivity index (χ1n) is 7.83. The maximum Gasteiger partial charge on any atom is -0.0533 e. The average molecular weight is 484 g/mol. The van der Waals surface area contributed by atoms with E-state index in [4.69, 9.17) is 0 Å². The van der Waals surface area contributed by atoms with Crippen molar-refractivity contribution in [2.45, 2.75) is 105 Å². The zero-order valence-corrected chi connectivity index (χ0v) is 18.0. The van der Waals surface area contributed by atoms with Gasteiger partial charge >= 0.3 is 0 Å². The van der Waals surface area contributed by atoms with Crippen LogP contribution in [0, 0.1) is 0 Å². The van der Waals surface area contributed by atoms with Gasteiger partial charge in [-0.1, -0.05) is 105 Å². The minimum atomic E-state index is 0. The maximum absolute atomic E-state index is 2.26. The first-order valence-corrected chi connectivity index (χ1v) is 7.83. The normalized spacial score (nSPS) is 8.67. The zero-order valence-electron chi connectivity index (χ0n) is 13.3. The lowest BCUT2D eigenvalue weighted by Gasteiger charge is -1.93. The van der Waals surface area contributed by atoms with Crippen molar-refractivity contribution >= 4 is 48.0 Å². The van der Waals surface area contributed by atoms with Crippen molar-refractivity contribution in [3.8, 4) is 0 Å². The summed E-state index contributed by atoms with van der Waals surface area (Å²) in [5, 5.41) is 0. The summed E-state index contributed by atoms with van der Waals surface area (Å²) in [5.74, 6) is 0. The Balaban J connectivity index is -0.0000000980. The van der Waals surface area contributed by atoms with Crippen molar-refractivity contribution in [2.75, 3.05) is 0 Å². The lowest BCUT2D eigenvalue weighted by Crippen LogP contribution is -1.73. The number of hydrogen-bond acceptors (Lipinski definition) is 0. The summed E-state index contributed by atoms with van der Waals surface area (Å²) < 4.78 is 0. The van der Waals surface area contributed by atoms with E-state index >= 15 is 0 Å². The summed E-state index contributed by atoms with van der Waals surface area (Å²) in [6.07, 6.45) is 17.0. The molecule has 0 spiro atoms. The standard InChI is InChI=1S/2C8H18.2HI/c2*1-3-5-7-8-6-4-2;;/h2*3-8H2,1-2H3;2*1H. The van der Waals surface area contributed by atoms with Crippen LogP contribution in [-0.2, 0) is 0 Å². The minimum Gasteiger partial charge on any atom is -0.107 e. The fraction of sp³-hybridized carbons (Fsp3) is 1.00. The Labute approximate surface area is 152 Å². The van der Waals surface area contributed by atoms with Crippen molar-refractivity contribution in [2.24, 2.45) is 0 Å². The number of rotatable bonds is 10. The molecule has 0 bridgehead atoms. The smallest absolute Gasteiger partial charge is 0.0533 e. The van der Waals surface area contributed by atoms with Crippen LogP contribution in [0.15, 0.2) is 0 Å². The van der Waals surface area contributed by atoms with Crippen LogP contribution in [-0.4, -0.2) is 0 Å². The third kappa shape index (κ3) is 36.0. The van der Waals surface area contributed by atoms with Gasteiger partial charge in [0.25, 0.3) is 0 Å². The Morgan fingerprint density at radius 1 is 0.333 bits per heavy atom. The Morgan fingerprint density at radius 3 is 0.611 bits per heavy atom. The van der Waals surface area contributed by atoms with Crippen LogP contribution in [0.25, 0.3) is 0 Å². The molecule has 0 aromatic carbocycles. The van der Waals surface area contributed by atoms with E-state index in [1.165, 1.54) is 77.0 Å². The third-order valence-electron chi connectivity index (χ3n) is 2.91. The molecule has 0 heterocycles. The van der Waals surface area contributed by atoms with Crippen molar-refractivity contribution in [1.29, 1.82) is 0 Å². The summed E-state index contributed by atoms with van der Waals surface area (Å²) in [5.41, 5.74) is 0. The molecule has 0 saturated carbocycles. The molecule has 0 rings (SSSR count). The van der Waals surface area contributed by atoms with Gasteiger partial charge in [-0.05, 0) is 0 Å². The van der Waals surface area contributed by atoms with Crippen LogP contribution in [0.2, 0.25) is 0 Å². The van der Waals surface area contributed by atoms with Gasteiger partial charge in [-0.25, -0.2) is 0 Å². The molecule has 0 unspecified atom stereocenters. The molecular formula is C16H38I2. The molecule has 0 radical (unpaired) electrons. The highest BCUT2D eigenvalue weighted by Crippen LogP contribution is 2.03. The van der Waals surface area contributed by atoms with E-state index in [0.29, 0.717) is 0 Å². The molecule has 0 N–H and O–H groups in total. The first kappa shape index (κ1) is 27.7. The predicted molar refractivity (Wildman–Crippen MR) is 109 cm³/mol. The molecule has 116 valence electrons. The van der Waals surface area contributed by atoms with E-state index in [2.05, 4.69) is 27.7 Å². The first-order chi connectivity index (χ1) is 7.83. The zero-order chi connectivity index (χ0) is 12.5. The van der Waals surface area contributed by atoms with Crippen LogP contribution in [0.4, 0.5) is 0 Å². The molecule has 0 fully saturated rings. The van der Waals surface area contributed by atoms with E-state index in [1.54, 1.807) is 0 Å². The molecule has 18 heavy (non-hydrogen) atoms. The van der Waals surface area contributed by atoms with Crippen LogP contribution in [0.3, 0.4) is 0 Å². The second kappa shape index (κ2) is 31.1. The largest absolute Gasteiger partial charge is 0.107 e. The quantitative estimate of drug-likeness (QED) is 0.218. The van der Waals surface area contributed by atoms with Gasteiger partial charge in [0, 0.05) is 0 Å². The summed E-state index contributed by atoms with van der Waals surface area (Å²) >= 11 is 0. The van der Waals surface area contributed by atoms with Gasteiger partial charge in [-0.15, -0.1) is 48.0 Å². The topological polar surface area (TPSA) is 0 Å². The molecule has 0 nitrogen and oxygen atoms in total. The lowest BCUT2D eigenvalue weighted by molar-refractivity contribution is 0.624. The minimum absolute atomic E-state index is 0. The van der Waals surface area contributed by atoms with Crippen LogP contribution in [0.5, 0.6) is 0 Å². The maximum atomic E-state index is 2.26.